The van der Waals surface area contributed by atoms with Gasteiger partial charge in [0.1, 0.15) is 0 Å². The van der Waals surface area contributed by atoms with Gasteiger partial charge in [-0.3, -0.25) is 9.59 Å². The van der Waals surface area contributed by atoms with Crippen LogP contribution in [-0.2, 0) is 4.79 Å². The summed E-state index contributed by atoms with van der Waals surface area (Å²) in [5.41, 5.74) is 2.60. The highest BCUT2D eigenvalue weighted by atomic mass is 16.2. The maximum absolute atomic E-state index is 12.6. The zero-order chi connectivity index (χ0) is 18.8. The van der Waals surface area contributed by atoms with Crippen molar-refractivity contribution in [1.82, 2.24) is 16.0 Å². The SMILES string of the molecule is CCNCCNC(=O)CC(NC(=O)c1ccc(C)cc1)c1ccccc1. The molecule has 3 N–H and O–H groups in total. The van der Waals surface area contributed by atoms with E-state index in [1.165, 1.54) is 0 Å². The summed E-state index contributed by atoms with van der Waals surface area (Å²) in [6.45, 7) is 6.17. The minimum Gasteiger partial charge on any atom is -0.355 e. The van der Waals surface area contributed by atoms with Crippen LogP contribution in [0.2, 0.25) is 0 Å². The molecule has 2 rings (SSSR count). The summed E-state index contributed by atoms with van der Waals surface area (Å²) in [4.78, 5) is 24.8. The van der Waals surface area contributed by atoms with E-state index in [0.29, 0.717) is 12.1 Å². The normalized spacial score (nSPS) is 11.6. The minimum atomic E-state index is -0.371. The molecule has 0 fully saturated rings. The van der Waals surface area contributed by atoms with Crippen LogP contribution in [0.4, 0.5) is 0 Å². The second-order valence-electron chi connectivity index (χ2n) is 6.21. The van der Waals surface area contributed by atoms with Crippen molar-refractivity contribution >= 4 is 11.8 Å². The Morgan fingerprint density at radius 1 is 0.962 bits per heavy atom. The minimum absolute atomic E-state index is 0.0824. The van der Waals surface area contributed by atoms with Gasteiger partial charge in [0.15, 0.2) is 0 Å². The number of likely N-dealkylation sites (N-methyl/N-ethyl adjacent to an activating group) is 1. The molecule has 0 bridgehead atoms. The van der Waals surface area contributed by atoms with Gasteiger partial charge in [-0.2, -0.15) is 0 Å². The van der Waals surface area contributed by atoms with E-state index in [0.717, 1.165) is 24.2 Å². The van der Waals surface area contributed by atoms with Gasteiger partial charge in [0.2, 0.25) is 5.91 Å². The molecule has 2 amide bonds. The lowest BCUT2D eigenvalue weighted by Gasteiger charge is -2.19. The van der Waals surface area contributed by atoms with E-state index in [9.17, 15) is 9.59 Å². The lowest BCUT2D eigenvalue weighted by atomic mass is 10.0. The highest BCUT2D eigenvalue weighted by molar-refractivity contribution is 5.94. The number of nitrogens with one attached hydrogen (secondary N) is 3. The van der Waals surface area contributed by atoms with Gasteiger partial charge in [-0.25, -0.2) is 0 Å². The van der Waals surface area contributed by atoms with Gasteiger partial charge in [-0.05, 0) is 31.2 Å². The van der Waals surface area contributed by atoms with E-state index in [1.54, 1.807) is 12.1 Å². The third kappa shape index (κ3) is 6.33. The highest BCUT2D eigenvalue weighted by Gasteiger charge is 2.19. The average molecular weight is 353 g/mol. The van der Waals surface area contributed by atoms with Crippen LogP contribution in [0.3, 0.4) is 0 Å². The Morgan fingerprint density at radius 2 is 1.65 bits per heavy atom. The molecule has 1 atom stereocenters. The molecule has 2 aromatic rings. The molecule has 0 aliphatic heterocycles. The second kappa shape index (κ2) is 10.4. The van der Waals surface area contributed by atoms with Crippen LogP contribution in [0.25, 0.3) is 0 Å². The monoisotopic (exact) mass is 353 g/mol. The predicted octanol–water partition coefficient (Wildman–Crippen LogP) is 2.58. The first-order valence-electron chi connectivity index (χ1n) is 9.00. The Morgan fingerprint density at radius 3 is 2.31 bits per heavy atom. The summed E-state index contributed by atoms with van der Waals surface area (Å²) in [6.07, 6.45) is 0.202. The molecule has 138 valence electrons. The maximum atomic E-state index is 12.6. The number of hydrogen-bond donors (Lipinski definition) is 3. The van der Waals surface area contributed by atoms with Crippen molar-refractivity contribution in [2.75, 3.05) is 19.6 Å². The van der Waals surface area contributed by atoms with E-state index in [4.69, 9.17) is 0 Å². The third-order valence-corrected chi connectivity index (χ3v) is 4.08. The smallest absolute Gasteiger partial charge is 0.251 e. The number of amides is 2. The Balaban J connectivity index is 2.03. The molecular formula is C21H27N3O2. The van der Waals surface area contributed by atoms with E-state index >= 15 is 0 Å². The molecule has 5 nitrogen and oxygen atoms in total. The molecule has 2 aromatic carbocycles. The summed E-state index contributed by atoms with van der Waals surface area (Å²) in [5, 5.41) is 9.03. The van der Waals surface area contributed by atoms with Crippen LogP contribution in [0.5, 0.6) is 0 Å². The number of hydrogen-bond acceptors (Lipinski definition) is 3. The zero-order valence-corrected chi connectivity index (χ0v) is 15.4. The summed E-state index contributed by atoms with van der Waals surface area (Å²) in [5.74, 6) is -0.264. The Labute approximate surface area is 155 Å². The maximum Gasteiger partial charge on any atom is 0.251 e. The highest BCUT2D eigenvalue weighted by Crippen LogP contribution is 2.17. The van der Waals surface area contributed by atoms with Crippen LogP contribution in [0, 0.1) is 6.92 Å². The molecule has 5 heteroatoms. The molecule has 0 heterocycles. The van der Waals surface area contributed by atoms with Gasteiger partial charge in [0, 0.05) is 18.7 Å². The largest absolute Gasteiger partial charge is 0.355 e. The molecule has 0 radical (unpaired) electrons. The van der Waals surface area contributed by atoms with Gasteiger partial charge in [-0.15, -0.1) is 0 Å². The molecule has 0 saturated heterocycles. The number of aryl methyl sites for hydroxylation is 1. The molecule has 0 aliphatic carbocycles. The lowest BCUT2D eigenvalue weighted by Crippen LogP contribution is -2.36. The van der Waals surface area contributed by atoms with Crippen molar-refractivity contribution in [2.45, 2.75) is 26.3 Å². The number of benzene rings is 2. The lowest BCUT2D eigenvalue weighted by molar-refractivity contribution is -0.121. The molecule has 0 saturated carbocycles. The molecule has 0 aliphatic rings. The quantitative estimate of drug-likeness (QED) is 0.607. The Bertz CT molecular complexity index is 699. The summed E-state index contributed by atoms with van der Waals surface area (Å²) in [6, 6.07) is 16.6. The van der Waals surface area contributed by atoms with E-state index in [1.807, 2.05) is 56.3 Å². The van der Waals surface area contributed by atoms with Gasteiger partial charge in [-0.1, -0.05) is 55.0 Å². The fourth-order valence-corrected chi connectivity index (χ4v) is 2.61. The van der Waals surface area contributed by atoms with Crippen molar-refractivity contribution in [3.05, 3.63) is 71.3 Å². The van der Waals surface area contributed by atoms with Gasteiger partial charge >= 0.3 is 0 Å². The van der Waals surface area contributed by atoms with Crippen LogP contribution in [-0.4, -0.2) is 31.4 Å². The van der Waals surface area contributed by atoms with E-state index in [-0.39, 0.29) is 24.3 Å². The van der Waals surface area contributed by atoms with Crippen LogP contribution < -0.4 is 16.0 Å². The first-order valence-corrected chi connectivity index (χ1v) is 9.00. The fraction of sp³-hybridized carbons (Fsp3) is 0.333. The van der Waals surface area contributed by atoms with Crippen molar-refractivity contribution in [3.63, 3.8) is 0 Å². The van der Waals surface area contributed by atoms with Crippen LogP contribution >= 0.6 is 0 Å². The predicted molar refractivity (Wildman–Crippen MR) is 104 cm³/mol. The zero-order valence-electron chi connectivity index (χ0n) is 15.4. The van der Waals surface area contributed by atoms with Crippen molar-refractivity contribution < 1.29 is 9.59 Å². The Kier molecular flexibility index (Phi) is 7.83. The van der Waals surface area contributed by atoms with E-state index in [2.05, 4.69) is 16.0 Å². The third-order valence-electron chi connectivity index (χ3n) is 4.08. The van der Waals surface area contributed by atoms with Crippen molar-refractivity contribution in [2.24, 2.45) is 0 Å². The van der Waals surface area contributed by atoms with Crippen molar-refractivity contribution in [3.8, 4) is 0 Å². The van der Waals surface area contributed by atoms with Gasteiger partial charge in [0.25, 0.3) is 5.91 Å². The fourth-order valence-electron chi connectivity index (χ4n) is 2.61. The van der Waals surface area contributed by atoms with Gasteiger partial charge in [0.05, 0.1) is 12.5 Å². The topological polar surface area (TPSA) is 70.2 Å². The molecule has 0 spiro atoms. The van der Waals surface area contributed by atoms with Crippen LogP contribution in [0.15, 0.2) is 54.6 Å². The van der Waals surface area contributed by atoms with Gasteiger partial charge < -0.3 is 16.0 Å². The summed E-state index contributed by atoms with van der Waals surface area (Å²) in [7, 11) is 0. The molecular weight excluding hydrogens is 326 g/mol. The average Bonchev–Trinajstić information content (AvgIpc) is 2.66. The standard InChI is InChI=1S/C21H27N3O2/c1-3-22-13-14-23-20(25)15-19(17-7-5-4-6-8-17)24-21(26)18-11-9-16(2)10-12-18/h4-12,19,22H,3,13-15H2,1-2H3,(H,23,25)(H,24,26). The Hall–Kier alpha value is -2.66. The summed E-state index contributed by atoms with van der Waals surface area (Å²) >= 11 is 0. The summed E-state index contributed by atoms with van der Waals surface area (Å²) < 4.78 is 0. The number of carbonyl (C=O) groups is 2. The molecule has 26 heavy (non-hydrogen) atoms. The number of carbonyl (C=O) groups excluding carboxylic acids is 2. The molecule has 0 aromatic heterocycles. The molecule has 1 unspecified atom stereocenters. The second-order valence-corrected chi connectivity index (χ2v) is 6.21. The first-order chi connectivity index (χ1) is 12.6. The van der Waals surface area contributed by atoms with Crippen LogP contribution in [0.1, 0.15) is 40.9 Å². The number of rotatable bonds is 9. The first kappa shape index (κ1) is 19.7. The van der Waals surface area contributed by atoms with E-state index < -0.39 is 0 Å². The van der Waals surface area contributed by atoms with Crippen molar-refractivity contribution in [1.29, 1.82) is 0 Å².